The van der Waals surface area contributed by atoms with Crippen LogP contribution in [-0.2, 0) is 0 Å². The summed E-state index contributed by atoms with van der Waals surface area (Å²) in [7, 11) is -2.86. The molecule has 3 heterocycles. The van der Waals surface area contributed by atoms with Crippen molar-refractivity contribution in [1.29, 1.82) is 0 Å². The van der Waals surface area contributed by atoms with E-state index < -0.39 is 8.07 Å². The van der Waals surface area contributed by atoms with Gasteiger partial charge in [0, 0.05) is 21.2 Å². The van der Waals surface area contributed by atoms with E-state index in [0.29, 0.717) is 0 Å². The summed E-state index contributed by atoms with van der Waals surface area (Å²) in [5.74, 6) is 1.89. The maximum atomic E-state index is 7.18. The van der Waals surface area contributed by atoms with Crippen LogP contribution in [0.15, 0.2) is 248 Å². The van der Waals surface area contributed by atoms with Crippen LogP contribution in [0.5, 0.6) is 11.5 Å². The number of hydrogen-bond acceptors (Lipinski definition) is 2. The zero-order valence-electron chi connectivity index (χ0n) is 35.4. The second-order valence-corrected chi connectivity index (χ2v) is 22.0. The van der Waals surface area contributed by atoms with Gasteiger partial charge in [-0.2, -0.15) is 11.6 Å². The van der Waals surface area contributed by atoms with Crippen molar-refractivity contribution in [3.05, 3.63) is 243 Å². The summed E-state index contributed by atoms with van der Waals surface area (Å²) in [5.41, 5.74) is 13.2. The molecule has 0 radical (unpaired) electrons. The van der Waals surface area contributed by atoms with Crippen molar-refractivity contribution in [1.82, 2.24) is 4.57 Å². The van der Waals surface area contributed by atoms with Crippen molar-refractivity contribution in [2.75, 3.05) is 0 Å². The Morgan fingerprint density at radius 1 is 0.400 bits per heavy atom. The van der Waals surface area contributed by atoms with Gasteiger partial charge >= 0.3 is 0 Å². The fourth-order valence-corrected chi connectivity index (χ4v) is 17.3. The van der Waals surface area contributed by atoms with E-state index >= 15 is 0 Å². The van der Waals surface area contributed by atoms with Crippen LogP contribution in [0.3, 0.4) is 0 Å². The van der Waals surface area contributed by atoms with Crippen LogP contribution in [0.2, 0.25) is 0 Å². The average molecular weight is 862 g/mol. The van der Waals surface area contributed by atoms with Gasteiger partial charge in [0.1, 0.15) is 11.5 Å². The molecule has 5 heteroatoms. The molecule has 2 aliphatic rings. The van der Waals surface area contributed by atoms with Crippen LogP contribution in [0, 0.1) is 0 Å². The SMILES string of the molecule is c1ccc([Si](c2ccccc2)(c2ccccc2)c2ccccc2-c2cc3c4c(c2)-c2ccccc2SB4c2cc(-c4ccccc4-n4c5ccccc5c5ccccc54)ccc2O3)cc1. The van der Waals surface area contributed by atoms with Gasteiger partial charge in [-0.25, -0.2) is 0 Å². The molecule has 0 spiro atoms. The molecule has 0 bridgehead atoms. The summed E-state index contributed by atoms with van der Waals surface area (Å²) in [6.07, 6.45) is 0. The highest BCUT2D eigenvalue weighted by atomic mass is 32.2. The molecule has 11 aromatic rings. The van der Waals surface area contributed by atoms with Crippen LogP contribution in [0.4, 0.5) is 0 Å². The number of para-hydroxylation sites is 3. The molecule has 1 aromatic heterocycles. The Morgan fingerprint density at radius 3 is 1.60 bits per heavy atom. The van der Waals surface area contributed by atoms with Gasteiger partial charge in [0.25, 0.3) is 5.99 Å². The number of rotatable bonds is 7. The smallest absolute Gasteiger partial charge is 0.289 e. The lowest BCUT2D eigenvalue weighted by atomic mass is 9.57. The Labute approximate surface area is 384 Å². The van der Waals surface area contributed by atoms with Gasteiger partial charge in [0.2, 0.25) is 0 Å². The lowest BCUT2D eigenvalue weighted by molar-refractivity contribution is 0.488. The first-order chi connectivity index (χ1) is 32.3. The van der Waals surface area contributed by atoms with Crippen molar-refractivity contribution >= 4 is 79.2 Å². The second-order valence-electron chi connectivity index (χ2n) is 17.1. The lowest BCUT2D eigenvalue weighted by Crippen LogP contribution is -2.75. The quantitative estimate of drug-likeness (QED) is 0.117. The summed E-state index contributed by atoms with van der Waals surface area (Å²) in [6.45, 7) is 0. The molecule has 0 unspecified atom stereocenters. The first kappa shape index (κ1) is 37.9. The van der Waals surface area contributed by atoms with Crippen LogP contribution < -0.4 is 36.4 Å². The van der Waals surface area contributed by atoms with Crippen molar-refractivity contribution in [3.63, 3.8) is 0 Å². The summed E-state index contributed by atoms with van der Waals surface area (Å²) < 4.78 is 9.61. The average Bonchev–Trinajstić information content (AvgIpc) is 3.72. The molecule has 0 fully saturated rings. The van der Waals surface area contributed by atoms with Gasteiger partial charge in [0.15, 0.2) is 8.07 Å². The first-order valence-corrected chi connectivity index (χ1v) is 25.2. The van der Waals surface area contributed by atoms with Gasteiger partial charge in [-0.3, -0.25) is 0 Å². The van der Waals surface area contributed by atoms with Crippen molar-refractivity contribution in [2.45, 2.75) is 4.90 Å². The fourth-order valence-electron chi connectivity index (χ4n) is 10.9. The molecule has 0 atom stereocenters. The third kappa shape index (κ3) is 5.89. The highest BCUT2D eigenvalue weighted by Crippen LogP contribution is 2.45. The Balaban J connectivity index is 0.998. The highest BCUT2D eigenvalue weighted by Gasteiger charge is 2.44. The maximum Gasteiger partial charge on any atom is 0.289 e. The van der Waals surface area contributed by atoms with E-state index in [0.717, 1.165) is 22.7 Å². The lowest BCUT2D eigenvalue weighted by Gasteiger charge is -2.36. The van der Waals surface area contributed by atoms with Gasteiger partial charge in [0.05, 0.1) is 16.7 Å². The van der Waals surface area contributed by atoms with Crippen molar-refractivity contribution in [2.24, 2.45) is 0 Å². The van der Waals surface area contributed by atoms with Crippen molar-refractivity contribution in [3.8, 4) is 50.6 Å². The minimum absolute atomic E-state index is 0.0507. The van der Waals surface area contributed by atoms with E-state index in [1.807, 2.05) is 11.6 Å². The van der Waals surface area contributed by atoms with Gasteiger partial charge in [-0.05, 0) is 102 Å². The number of aromatic nitrogens is 1. The molecule has 2 aliphatic heterocycles. The van der Waals surface area contributed by atoms with E-state index in [1.165, 1.54) is 86.2 Å². The fraction of sp³-hybridized carbons (Fsp3) is 0. The normalized spacial score (nSPS) is 12.6. The summed E-state index contributed by atoms with van der Waals surface area (Å²) >= 11 is 1.94. The third-order valence-electron chi connectivity index (χ3n) is 13.6. The van der Waals surface area contributed by atoms with E-state index in [4.69, 9.17) is 4.74 Å². The topological polar surface area (TPSA) is 14.2 Å². The summed E-state index contributed by atoms with van der Waals surface area (Å²) in [5, 5.41) is 7.93. The minimum Gasteiger partial charge on any atom is -0.458 e. The van der Waals surface area contributed by atoms with Crippen molar-refractivity contribution < 1.29 is 4.74 Å². The standard InChI is InChI=1S/C60H40BNOSSi/c1-4-20-43(21-5-1)65(44-22-6-2-7-23-44,45-24-8-3-9-25-45)59-35-19-14-27-47(59)42-38-51-50-30-13-18-34-58(50)64-61-52-39-41(36-37-56(52)63-57(40-42)60(51)61)46-26-10-15-31-53(46)62-54-32-16-11-28-48(54)49-29-12-17-33-55(49)62/h1-40H. The molecular weight excluding hydrogens is 822 g/mol. The van der Waals surface area contributed by atoms with Crippen LogP contribution in [0.1, 0.15) is 0 Å². The van der Waals surface area contributed by atoms with E-state index in [-0.39, 0.29) is 5.99 Å². The highest BCUT2D eigenvalue weighted by molar-refractivity contribution is 8.28. The largest absolute Gasteiger partial charge is 0.458 e. The number of benzene rings is 10. The maximum absolute atomic E-state index is 7.18. The zero-order chi connectivity index (χ0) is 42.9. The summed E-state index contributed by atoms with van der Waals surface area (Å²) in [6, 6.07) is 89.7. The van der Waals surface area contributed by atoms with E-state index in [1.54, 1.807) is 0 Å². The summed E-state index contributed by atoms with van der Waals surface area (Å²) in [4.78, 5) is 1.28. The molecule has 2 nitrogen and oxygen atoms in total. The minimum atomic E-state index is -2.86. The Morgan fingerprint density at radius 2 is 0.938 bits per heavy atom. The van der Waals surface area contributed by atoms with Gasteiger partial charge in [-0.15, -0.1) is 0 Å². The zero-order valence-corrected chi connectivity index (χ0v) is 37.3. The second kappa shape index (κ2) is 15.3. The first-order valence-electron chi connectivity index (χ1n) is 22.4. The molecule has 13 rings (SSSR count). The van der Waals surface area contributed by atoms with Crippen LogP contribution >= 0.6 is 11.6 Å². The number of ether oxygens (including phenoxy) is 1. The number of fused-ring (bicyclic) bond motifs is 7. The number of hydrogen-bond donors (Lipinski definition) is 0. The molecule has 0 N–H and O–H groups in total. The molecule has 65 heavy (non-hydrogen) atoms. The number of nitrogens with zero attached hydrogens (tertiary/aromatic N) is 1. The molecule has 0 saturated carbocycles. The monoisotopic (exact) mass is 861 g/mol. The predicted molar refractivity (Wildman–Crippen MR) is 278 cm³/mol. The molecule has 10 aromatic carbocycles. The van der Waals surface area contributed by atoms with Gasteiger partial charge < -0.3 is 9.30 Å². The van der Waals surface area contributed by atoms with Crippen LogP contribution in [0.25, 0.3) is 60.9 Å². The van der Waals surface area contributed by atoms with E-state index in [2.05, 4.69) is 247 Å². The molecule has 0 aliphatic carbocycles. The Bertz CT molecular complexity index is 3480. The molecule has 0 amide bonds. The Kier molecular flexibility index (Phi) is 8.93. The predicted octanol–water partition coefficient (Wildman–Crippen LogP) is 11.5. The third-order valence-corrected chi connectivity index (χ3v) is 19.8. The molecule has 304 valence electrons. The molecular formula is C60H40BNOSSi. The molecule has 0 saturated heterocycles. The van der Waals surface area contributed by atoms with Crippen LogP contribution in [-0.4, -0.2) is 18.6 Å². The van der Waals surface area contributed by atoms with Gasteiger partial charge in [-0.1, -0.05) is 200 Å². The van der Waals surface area contributed by atoms with E-state index in [9.17, 15) is 0 Å². The Hall–Kier alpha value is -7.57.